The minimum Gasteiger partial charge on any atom is -0.480 e. The largest absolute Gasteiger partial charge is 0.480 e. The molecule has 0 spiro atoms. The maximum atomic E-state index is 12.5. The minimum absolute atomic E-state index is 0.00289. The second-order valence-electron chi connectivity index (χ2n) is 7.60. The number of hydrogen-bond donors (Lipinski definition) is 1. The number of carboxylic acid groups (broad SMARTS) is 1. The monoisotopic (exact) mass is 355 g/mol. The van der Waals surface area contributed by atoms with E-state index in [4.69, 9.17) is 9.84 Å². The zero-order chi connectivity index (χ0) is 18.2. The van der Waals surface area contributed by atoms with Crippen molar-refractivity contribution in [1.29, 1.82) is 0 Å². The summed E-state index contributed by atoms with van der Waals surface area (Å²) < 4.78 is 5.72. The fourth-order valence-corrected chi connectivity index (χ4v) is 3.85. The Bertz CT molecular complexity index is 440. The molecule has 1 atom stereocenters. The normalized spacial score (nSPS) is 22.9. The van der Waals surface area contributed by atoms with Crippen LogP contribution in [0.2, 0.25) is 0 Å². The Morgan fingerprint density at radius 3 is 2.56 bits per heavy atom. The summed E-state index contributed by atoms with van der Waals surface area (Å²) >= 11 is 0. The Morgan fingerprint density at radius 1 is 1.16 bits per heavy atom. The van der Waals surface area contributed by atoms with Crippen molar-refractivity contribution in [3.8, 4) is 0 Å². The predicted octanol–water partition coefficient (Wildman–Crippen LogP) is 0.742. The van der Waals surface area contributed by atoms with Gasteiger partial charge in [0.05, 0.1) is 25.8 Å². The van der Waals surface area contributed by atoms with E-state index in [0.717, 1.165) is 13.1 Å². The van der Waals surface area contributed by atoms with Gasteiger partial charge in [-0.05, 0) is 25.8 Å². The van der Waals surface area contributed by atoms with E-state index in [2.05, 4.69) is 4.90 Å². The Labute approximate surface area is 150 Å². The van der Waals surface area contributed by atoms with Crippen LogP contribution in [0.5, 0.6) is 0 Å². The zero-order valence-corrected chi connectivity index (χ0v) is 15.7. The predicted molar refractivity (Wildman–Crippen MR) is 95.5 cm³/mol. The average molecular weight is 355 g/mol. The smallest absolute Gasteiger partial charge is 0.317 e. The summed E-state index contributed by atoms with van der Waals surface area (Å²) in [7, 11) is 3.69. The molecule has 1 aliphatic carbocycles. The Balaban J connectivity index is 1.72. The van der Waals surface area contributed by atoms with E-state index in [1.165, 1.54) is 32.1 Å². The molecule has 1 N–H and O–H groups in total. The van der Waals surface area contributed by atoms with Crippen LogP contribution in [0.3, 0.4) is 0 Å². The maximum absolute atomic E-state index is 12.5. The summed E-state index contributed by atoms with van der Waals surface area (Å²) in [6.45, 7) is 3.87. The number of nitrogens with zero attached hydrogens (tertiary/aromatic N) is 3. The molecule has 0 aromatic heterocycles. The van der Waals surface area contributed by atoms with Gasteiger partial charge in [-0.15, -0.1) is 0 Å². The molecular formula is C18H33N3O4. The van der Waals surface area contributed by atoms with Gasteiger partial charge in [0.25, 0.3) is 0 Å². The fraction of sp³-hybridized carbons (Fsp3) is 0.889. The van der Waals surface area contributed by atoms with Gasteiger partial charge in [-0.3, -0.25) is 19.4 Å². The van der Waals surface area contributed by atoms with Crippen LogP contribution >= 0.6 is 0 Å². The van der Waals surface area contributed by atoms with Gasteiger partial charge in [0, 0.05) is 33.2 Å². The third-order valence-electron chi connectivity index (χ3n) is 5.18. The highest BCUT2D eigenvalue weighted by Gasteiger charge is 2.25. The van der Waals surface area contributed by atoms with Crippen LogP contribution in [0.25, 0.3) is 0 Å². The number of hydrogen-bond acceptors (Lipinski definition) is 5. The van der Waals surface area contributed by atoms with Crippen molar-refractivity contribution < 1.29 is 19.4 Å². The highest BCUT2D eigenvalue weighted by Crippen LogP contribution is 2.24. The van der Waals surface area contributed by atoms with E-state index in [1.807, 2.05) is 11.9 Å². The summed E-state index contributed by atoms with van der Waals surface area (Å²) in [5.41, 5.74) is 0. The maximum Gasteiger partial charge on any atom is 0.317 e. The summed E-state index contributed by atoms with van der Waals surface area (Å²) in [4.78, 5) is 29.0. The molecule has 2 aliphatic rings. The van der Waals surface area contributed by atoms with E-state index in [0.29, 0.717) is 32.2 Å². The number of amides is 1. The minimum atomic E-state index is -0.838. The highest BCUT2D eigenvalue weighted by molar-refractivity contribution is 5.78. The summed E-state index contributed by atoms with van der Waals surface area (Å²) in [5, 5.41) is 8.84. The van der Waals surface area contributed by atoms with E-state index in [9.17, 15) is 9.59 Å². The van der Waals surface area contributed by atoms with Gasteiger partial charge in [0.1, 0.15) is 0 Å². The molecule has 1 saturated heterocycles. The molecule has 2 rings (SSSR count). The van der Waals surface area contributed by atoms with Crippen LogP contribution in [-0.4, -0.2) is 97.8 Å². The first-order chi connectivity index (χ1) is 11.9. The number of ether oxygens (including phenoxy) is 1. The van der Waals surface area contributed by atoms with Crippen molar-refractivity contribution in [2.75, 3.05) is 60.0 Å². The summed E-state index contributed by atoms with van der Waals surface area (Å²) in [6, 6.07) is 0. The molecule has 0 bridgehead atoms. The number of carbonyl (C=O) groups excluding carboxylic acids is 1. The lowest BCUT2D eigenvalue weighted by molar-refractivity contribution is -0.138. The number of carboxylic acids is 1. The molecule has 7 heteroatoms. The first kappa shape index (κ1) is 20.1. The van der Waals surface area contributed by atoms with Gasteiger partial charge in [-0.1, -0.05) is 19.3 Å². The van der Waals surface area contributed by atoms with Gasteiger partial charge >= 0.3 is 5.97 Å². The molecule has 25 heavy (non-hydrogen) atoms. The number of aliphatic carboxylic acids is 1. The Kier molecular flexibility index (Phi) is 8.12. The van der Waals surface area contributed by atoms with Gasteiger partial charge in [-0.2, -0.15) is 0 Å². The van der Waals surface area contributed by atoms with Gasteiger partial charge in [0.15, 0.2) is 0 Å². The van der Waals surface area contributed by atoms with Crippen LogP contribution in [0.1, 0.15) is 32.1 Å². The van der Waals surface area contributed by atoms with Crippen LogP contribution < -0.4 is 0 Å². The van der Waals surface area contributed by atoms with Gasteiger partial charge < -0.3 is 14.7 Å². The first-order valence-corrected chi connectivity index (χ1v) is 9.42. The quantitative estimate of drug-likeness (QED) is 0.692. The molecule has 2 fully saturated rings. The van der Waals surface area contributed by atoms with Crippen molar-refractivity contribution in [2.45, 2.75) is 38.2 Å². The molecule has 144 valence electrons. The van der Waals surface area contributed by atoms with E-state index in [1.54, 1.807) is 11.9 Å². The SMILES string of the molecule is CN(CC(=O)O)CC1CN(CC(=O)N(C)CC2CCCCC2)CCO1. The van der Waals surface area contributed by atoms with Gasteiger partial charge in [0.2, 0.25) is 5.91 Å². The third kappa shape index (κ3) is 7.30. The number of carbonyl (C=O) groups is 2. The van der Waals surface area contributed by atoms with E-state index < -0.39 is 5.97 Å². The molecule has 7 nitrogen and oxygen atoms in total. The average Bonchev–Trinajstić information content (AvgIpc) is 2.55. The van der Waals surface area contributed by atoms with Crippen molar-refractivity contribution >= 4 is 11.9 Å². The molecule has 0 aromatic carbocycles. The third-order valence-corrected chi connectivity index (χ3v) is 5.18. The number of rotatable bonds is 8. The standard InChI is InChI=1S/C18H33N3O4/c1-19(14-18(23)24)11-16-12-21(8-9-25-16)13-17(22)20(2)10-15-6-4-3-5-7-15/h15-16H,3-14H2,1-2H3,(H,23,24). The molecule has 1 unspecified atom stereocenters. The zero-order valence-electron chi connectivity index (χ0n) is 15.7. The summed E-state index contributed by atoms with van der Waals surface area (Å²) in [6.07, 6.45) is 6.36. The first-order valence-electron chi connectivity index (χ1n) is 9.42. The molecular weight excluding hydrogens is 322 g/mol. The van der Waals surface area contributed by atoms with Crippen LogP contribution in [0.4, 0.5) is 0 Å². The molecule has 1 heterocycles. The van der Waals surface area contributed by atoms with Crippen molar-refractivity contribution in [1.82, 2.24) is 14.7 Å². The number of likely N-dealkylation sites (N-methyl/N-ethyl adjacent to an activating group) is 2. The molecule has 0 aromatic rings. The lowest BCUT2D eigenvalue weighted by Crippen LogP contribution is -2.50. The van der Waals surface area contributed by atoms with Crippen LogP contribution in [-0.2, 0) is 14.3 Å². The second kappa shape index (κ2) is 10.1. The molecule has 0 radical (unpaired) electrons. The van der Waals surface area contributed by atoms with Crippen LogP contribution in [0.15, 0.2) is 0 Å². The van der Waals surface area contributed by atoms with Gasteiger partial charge in [-0.25, -0.2) is 0 Å². The molecule has 1 saturated carbocycles. The summed E-state index contributed by atoms with van der Waals surface area (Å²) in [5.74, 6) is -0.00963. The lowest BCUT2D eigenvalue weighted by atomic mass is 9.89. The molecule has 1 amide bonds. The second-order valence-corrected chi connectivity index (χ2v) is 7.60. The van der Waals surface area contributed by atoms with E-state index in [-0.39, 0.29) is 18.6 Å². The fourth-order valence-electron chi connectivity index (χ4n) is 3.85. The van der Waals surface area contributed by atoms with Crippen molar-refractivity contribution in [3.05, 3.63) is 0 Å². The van der Waals surface area contributed by atoms with E-state index >= 15 is 0 Å². The lowest BCUT2D eigenvalue weighted by Gasteiger charge is -2.35. The Morgan fingerprint density at radius 2 is 1.88 bits per heavy atom. The molecule has 1 aliphatic heterocycles. The highest BCUT2D eigenvalue weighted by atomic mass is 16.5. The van der Waals surface area contributed by atoms with Crippen LogP contribution in [0, 0.1) is 5.92 Å². The Hall–Kier alpha value is -1.18. The van der Waals surface area contributed by atoms with Crippen molar-refractivity contribution in [3.63, 3.8) is 0 Å². The number of morpholine rings is 1. The van der Waals surface area contributed by atoms with Crippen molar-refractivity contribution in [2.24, 2.45) is 5.92 Å². The topological polar surface area (TPSA) is 73.3 Å².